The molecular weight excluding hydrogens is 362 g/mol. The van der Waals surface area contributed by atoms with Gasteiger partial charge in [0.15, 0.2) is 0 Å². The Balaban J connectivity index is 2.88. The Hall–Kier alpha value is -1.82. The number of carbonyl (C=O) groups is 2. The highest BCUT2D eigenvalue weighted by Gasteiger charge is 2.20. The van der Waals surface area contributed by atoms with E-state index < -0.39 is 23.7 Å². The van der Waals surface area contributed by atoms with Crippen LogP contribution in [0.25, 0.3) is 0 Å². The zero-order chi connectivity index (χ0) is 17.5. The van der Waals surface area contributed by atoms with Crippen molar-refractivity contribution in [1.29, 1.82) is 0 Å². The van der Waals surface area contributed by atoms with Crippen LogP contribution in [0.3, 0.4) is 0 Å². The zero-order valence-corrected chi connectivity index (χ0v) is 15.3. The fourth-order valence-electron chi connectivity index (χ4n) is 1.82. The number of alkyl carbamates (subject to hydrolysis) is 1. The molecule has 0 aliphatic rings. The van der Waals surface area contributed by atoms with Crippen LogP contribution in [0.1, 0.15) is 26.3 Å². The van der Waals surface area contributed by atoms with Gasteiger partial charge in [-0.15, -0.1) is 0 Å². The molecule has 0 saturated carbocycles. The second-order valence-electron chi connectivity index (χ2n) is 5.95. The Morgan fingerprint density at radius 3 is 2.39 bits per heavy atom. The number of rotatable bonds is 5. The van der Waals surface area contributed by atoms with Crippen LogP contribution >= 0.6 is 15.9 Å². The highest BCUT2D eigenvalue weighted by molar-refractivity contribution is 9.12. The molecule has 23 heavy (non-hydrogen) atoms. The lowest BCUT2D eigenvalue weighted by Gasteiger charge is -2.22. The van der Waals surface area contributed by atoms with E-state index in [9.17, 15) is 9.59 Å². The van der Waals surface area contributed by atoms with Gasteiger partial charge in [-0.2, -0.15) is 0 Å². The second-order valence-corrected chi connectivity index (χ2v) is 6.80. The lowest BCUT2D eigenvalue weighted by Crippen LogP contribution is -2.39. The van der Waals surface area contributed by atoms with Crippen molar-refractivity contribution in [1.82, 2.24) is 5.32 Å². The van der Waals surface area contributed by atoms with Crippen molar-refractivity contribution < 1.29 is 19.1 Å². The number of nitrogens with one attached hydrogen (secondary N) is 1. The third-order valence-electron chi connectivity index (χ3n) is 2.73. The lowest BCUT2D eigenvalue weighted by atomic mass is 10.1. The summed E-state index contributed by atoms with van der Waals surface area (Å²) in [6.07, 6.45) is 1.58. The summed E-state index contributed by atoms with van der Waals surface area (Å²) in [4.78, 5) is 23.5. The number of benzene rings is 1. The molecule has 1 rings (SSSR count). The number of amides is 1. The molecule has 0 aromatic heterocycles. The summed E-state index contributed by atoms with van der Waals surface area (Å²) in [5, 5.41) is 2.76. The first-order chi connectivity index (χ1) is 10.7. The molecule has 6 heteroatoms. The lowest BCUT2D eigenvalue weighted by molar-refractivity contribution is -0.135. The molecule has 0 unspecified atom stereocenters. The van der Waals surface area contributed by atoms with Crippen molar-refractivity contribution in [3.8, 4) is 0 Å². The molecule has 126 valence electrons. The SMILES string of the molecule is COC(=O)/C(Br)=C\[C@H](Cc1ccccc1)NC(=O)OC(C)(C)C. The topological polar surface area (TPSA) is 64.6 Å². The maximum atomic E-state index is 12.0. The number of ether oxygens (including phenoxy) is 2. The van der Waals surface area contributed by atoms with Gasteiger partial charge in [-0.3, -0.25) is 0 Å². The van der Waals surface area contributed by atoms with Gasteiger partial charge in [0, 0.05) is 0 Å². The average Bonchev–Trinajstić information content (AvgIpc) is 2.45. The van der Waals surface area contributed by atoms with Gasteiger partial charge >= 0.3 is 12.1 Å². The molecule has 0 fully saturated rings. The van der Waals surface area contributed by atoms with Crippen molar-refractivity contribution in [3.05, 3.63) is 46.5 Å². The van der Waals surface area contributed by atoms with E-state index >= 15 is 0 Å². The summed E-state index contributed by atoms with van der Waals surface area (Å²) in [6.45, 7) is 5.37. The zero-order valence-electron chi connectivity index (χ0n) is 13.8. The predicted molar refractivity (Wildman–Crippen MR) is 92.3 cm³/mol. The van der Waals surface area contributed by atoms with E-state index in [4.69, 9.17) is 4.74 Å². The number of methoxy groups -OCH3 is 1. The highest BCUT2D eigenvalue weighted by atomic mass is 79.9. The molecule has 0 aliphatic carbocycles. The van der Waals surface area contributed by atoms with Gasteiger partial charge in [0.1, 0.15) is 10.1 Å². The quantitative estimate of drug-likeness (QED) is 0.623. The second kappa shape index (κ2) is 8.72. The number of hydrogen-bond acceptors (Lipinski definition) is 4. The van der Waals surface area contributed by atoms with Crippen molar-refractivity contribution in [3.63, 3.8) is 0 Å². The van der Waals surface area contributed by atoms with Crippen LogP contribution in [-0.4, -0.2) is 30.8 Å². The summed E-state index contributed by atoms with van der Waals surface area (Å²) in [6, 6.07) is 9.23. The Morgan fingerprint density at radius 2 is 1.87 bits per heavy atom. The molecule has 1 atom stereocenters. The first-order valence-corrected chi connectivity index (χ1v) is 7.99. The largest absolute Gasteiger partial charge is 0.465 e. The summed E-state index contributed by atoms with van der Waals surface area (Å²) in [5.41, 5.74) is 0.431. The van der Waals surface area contributed by atoms with Crippen LogP contribution < -0.4 is 5.32 Å². The van der Waals surface area contributed by atoms with Crippen molar-refractivity contribution in [2.24, 2.45) is 0 Å². The summed E-state index contributed by atoms with van der Waals surface area (Å²) < 4.78 is 10.2. The Bertz CT molecular complexity index is 564. The smallest absolute Gasteiger partial charge is 0.408 e. The van der Waals surface area contributed by atoms with E-state index in [1.54, 1.807) is 26.8 Å². The monoisotopic (exact) mass is 383 g/mol. The van der Waals surface area contributed by atoms with Crippen molar-refractivity contribution >= 4 is 28.0 Å². The minimum absolute atomic E-state index is 0.247. The van der Waals surface area contributed by atoms with Gasteiger partial charge in [-0.1, -0.05) is 30.3 Å². The third-order valence-corrected chi connectivity index (χ3v) is 3.32. The van der Waals surface area contributed by atoms with Crippen LogP contribution in [0, 0.1) is 0 Å². The first-order valence-electron chi connectivity index (χ1n) is 7.20. The molecule has 1 N–H and O–H groups in total. The third kappa shape index (κ3) is 7.83. The molecule has 0 saturated heterocycles. The van der Waals surface area contributed by atoms with Crippen LogP contribution in [0.4, 0.5) is 4.79 Å². The van der Waals surface area contributed by atoms with E-state index in [2.05, 4.69) is 26.0 Å². The van der Waals surface area contributed by atoms with Crippen LogP contribution in [0.15, 0.2) is 40.9 Å². The Kier molecular flexibility index (Phi) is 7.29. The highest BCUT2D eigenvalue weighted by Crippen LogP contribution is 2.13. The van der Waals surface area contributed by atoms with Crippen molar-refractivity contribution in [2.75, 3.05) is 7.11 Å². The molecule has 0 heterocycles. The average molecular weight is 384 g/mol. The number of halogens is 1. The molecule has 0 spiro atoms. The Morgan fingerprint density at radius 1 is 1.26 bits per heavy atom. The molecule has 0 bridgehead atoms. The van der Waals surface area contributed by atoms with E-state index in [0.717, 1.165) is 5.56 Å². The van der Waals surface area contributed by atoms with Gasteiger partial charge in [0.05, 0.1) is 13.2 Å². The van der Waals surface area contributed by atoms with Gasteiger partial charge in [-0.05, 0) is 54.8 Å². The molecule has 0 aliphatic heterocycles. The molecular formula is C17H22BrNO4. The van der Waals surface area contributed by atoms with Crippen LogP contribution in [0.2, 0.25) is 0 Å². The van der Waals surface area contributed by atoms with Gasteiger partial charge in [0.25, 0.3) is 0 Å². The standard InChI is InChI=1S/C17H22BrNO4/c1-17(2,3)23-16(21)19-13(11-14(18)15(20)22-4)10-12-8-6-5-7-9-12/h5-9,11,13H,10H2,1-4H3,(H,19,21)/b14-11+/t13-/m0/s1. The number of carbonyl (C=O) groups excluding carboxylic acids is 2. The summed E-state index contributed by atoms with van der Waals surface area (Å²) in [5.74, 6) is -0.506. The van der Waals surface area contributed by atoms with Crippen LogP contribution in [-0.2, 0) is 20.7 Å². The van der Waals surface area contributed by atoms with E-state index in [1.165, 1.54) is 7.11 Å². The van der Waals surface area contributed by atoms with E-state index in [0.29, 0.717) is 6.42 Å². The summed E-state index contributed by atoms with van der Waals surface area (Å²) >= 11 is 3.16. The van der Waals surface area contributed by atoms with Gasteiger partial charge < -0.3 is 14.8 Å². The molecule has 0 radical (unpaired) electrons. The fourth-order valence-corrected chi connectivity index (χ4v) is 2.30. The normalized spacial score (nSPS) is 13.2. The fraction of sp³-hybridized carbons (Fsp3) is 0.412. The van der Waals surface area contributed by atoms with Crippen molar-refractivity contribution in [2.45, 2.75) is 38.8 Å². The van der Waals surface area contributed by atoms with Gasteiger partial charge in [0.2, 0.25) is 0 Å². The minimum atomic E-state index is -0.593. The first kappa shape index (κ1) is 19.2. The minimum Gasteiger partial charge on any atom is -0.465 e. The molecule has 1 aromatic rings. The number of hydrogen-bond donors (Lipinski definition) is 1. The number of esters is 1. The molecule has 5 nitrogen and oxygen atoms in total. The molecule has 1 amide bonds. The molecule has 1 aromatic carbocycles. The van der Waals surface area contributed by atoms with E-state index in [1.807, 2.05) is 30.3 Å². The predicted octanol–water partition coefficient (Wildman–Crippen LogP) is 3.57. The summed E-state index contributed by atoms with van der Waals surface area (Å²) in [7, 11) is 1.30. The van der Waals surface area contributed by atoms with Crippen LogP contribution in [0.5, 0.6) is 0 Å². The maximum absolute atomic E-state index is 12.0. The Labute approximate surface area is 145 Å². The van der Waals surface area contributed by atoms with Gasteiger partial charge in [-0.25, -0.2) is 9.59 Å². The maximum Gasteiger partial charge on any atom is 0.408 e. The van der Waals surface area contributed by atoms with E-state index in [-0.39, 0.29) is 4.48 Å².